The van der Waals surface area contributed by atoms with Crippen molar-refractivity contribution in [3.8, 4) is 39.4 Å². The van der Waals surface area contributed by atoms with Gasteiger partial charge in [0.1, 0.15) is 5.65 Å². The largest absolute Gasteiger partial charge is 0.481 e. The molecule has 7 rings (SSSR count). The summed E-state index contributed by atoms with van der Waals surface area (Å²) in [7, 11) is 1.47. The Balaban J connectivity index is 1.10. The van der Waals surface area contributed by atoms with Crippen molar-refractivity contribution in [1.29, 1.82) is 0 Å². The highest BCUT2D eigenvalue weighted by atomic mass is 35.5. The van der Waals surface area contributed by atoms with Gasteiger partial charge >= 0.3 is 6.09 Å². The molecule has 0 spiro atoms. The van der Waals surface area contributed by atoms with E-state index >= 15 is 0 Å². The second kappa shape index (κ2) is 16.5. The van der Waals surface area contributed by atoms with Gasteiger partial charge in [-0.1, -0.05) is 59.6 Å². The lowest BCUT2D eigenvalue weighted by Gasteiger charge is -2.23. The van der Waals surface area contributed by atoms with Gasteiger partial charge in [0.15, 0.2) is 0 Å². The molecule has 2 aliphatic heterocycles. The van der Waals surface area contributed by atoms with Crippen LogP contribution in [-0.2, 0) is 22.7 Å². The molecule has 3 amide bonds. The van der Waals surface area contributed by atoms with Crippen molar-refractivity contribution >= 4 is 46.8 Å². The average Bonchev–Trinajstić information content (AvgIpc) is 3.80. The first-order valence-corrected chi connectivity index (χ1v) is 18.7. The summed E-state index contributed by atoms with van der Waals surface area (Å²) >= 11 is 14.2. The van der Waals surface area contributed by atoms with Gasteiger partial charge in [0.05, 0.1) is 29.4 Å². The maximum atomic E-state index is 13.3. The Bertz CT molecular complexity index is 2350. The number of pyridine rings is 2. The van der Waals surface area contributed by atoms with Crippen LogP contribution in [-0.4, -0.2) is 74.6 Å². The number of benzene rings is 2. The predicted molar refractivity (Wildman–Crippen MR) is 209 cm³/mol. The van der Waals surface area contributed by atoms with Crippen LogP contribution < -0.4 is 26.2 Å². The molecule has 4 N–H and O–H groups in total. The van der Waals surface area contributed by atoms with Crippen LogP contribution in [0.1, 0.15) is 43.2 Å². The molecule has 0 unspecified atom stereocenters. The molecule has 2 aromatic carbocycles. The molecule has 15 heteroatoms. The number of rotatable bonds is 13. The number of carbonyl (C=O) groups is 3. The van der Waals surface area contributed by atoms with E-state index in [1.54, 1.807) is 24.5 Å². The zero-order valence-electron chi connectivity index (χ0n) is 30.0. The predicted octanol–water partition coefficient (Wildman–Crippen LogP) is 5.92. The van der Waals surface area contributed by atoms with Gasteiger partial charge in [-0.25, -0.2) is 14.8 Å². The van der Waals surface area contributed by atoms with Gasteiger partial charge in [-0.2, -0.15) is 0 Å². The van der Waals surface area contributed by atoms with Crippen molar-refractivity contribution in [1.82, 2.24) is 35.2 Å². The second-order valence-electron chi connectivity index (χ2n) is 13.7. The minimum Gasteiger partial charge on any atom is -0.481 e. The Morgan fingerprint density at radius 2 is 1.60 bits per heavy atom. The van der Waals surface area contributed by atoms with Gasteiger partial charge in [0.25, 0.3) is 5.56 Å². The summed E-state index contributed by atoms with van der Waals surface area (Å²) in [6, 6.07) is 18.3. The summed E-state index contributed by atoms with van der Waals surface area (Å²) in [5.74, 6) is 0.256. The van der Waals surface area contributed by atoms with E-state index in [0.29, 0.717) is 81.6 Å². The summed E-state index contributed by atoms with van der Waals surface area (Å²) in [5, 5.41) is 19.8. The molecule has 284 valence electrons. The minimum absolute atomic E-state index is 0.0227. The SMILES string of the molecule is COc1nc(-c2cccc(-c3cccc(-c4ccn5c(=O)c(CNCC[C@@H]6CCC(=O)N6)cnc5c4)c3Cl)c2Cl)ccc1CN(C[C@@H]1CCC(=O)N1)C(=O)O. The van der Waals surface area contributed by atoms with Crippen molar-refractivity contribution in [2.75, 3.05) is 20.2 Å². The lowest BCUT2D eigenvalue weighted by molar-refractivity contribution is -0.120. The molecule has 5 heterocycles. The average molecular weight is 785 g/mol. The first-order valence-electron chi connectivity index (χ1n) is 18.0. The fraction of sp³-hybridized carbons (Fsp3) is 0.300. The summed E-state index contributed by atoms with van der Waals surface area (Å²) in [6.07, 6.45) is 5.31. The number of aromatic nitrogens is 3. The zero-order valence-corrected chi connectivity index (χ0v) is 31.5. The number of ether oxygens (including phenoxy) is 1. The summed E-state index contributed by atoms with van der Waals surface area (Å²) < 4.78 is 7.11. The second-order valence-corrected chi connectivity index (χ2v) is 14.4. The zero-order chi connectivity index (χ0) is 38.6. The van der Waals surface area contributed by atoms with E-state index < -0.39 is 6.09 Å². The normalized spacial score (nSPS) is 16.6. The van der Waals surface area contributed by atoms with Crippen LogP contribution >= 0.6 is 23.2 Å². The van der Waals surface area contributed by atoms with Crippen molar-refractivity contribution in [3.05, 3.63) is 105 Å². The van der Waals surface area contributed by atoms with E-state index in [1.807, 2.05) is 48.5 Å². The molecule has 13 nitrogen and oxygen atoms in total. The first-order chi connectivity index (χ1) is 26.6. The van der Waals surface area contributed by atoms with Crippen LogP contribution in [0.2, 0.25) is 10.0 Å². The summed E-state index contributed by atoms with van der Waals surface area (Å²) in [6.45, 7) is 1.21. The van der Waals surface area contributed by atoms with E-state index in [2.05, 4.69) is 20.9 Å². The Morgan fingerprint density at radius 3 is 2.27 bits per heavy atom. The number of hydrogen-bond donors (Lipinski definition) is 4. The van der Waals surface area contributed by atoms with Crippen LogP contribution in [0, 0.1) is 0 Å². The van der Waals surface area contributed by atoms with Crippen molar-refractivity contribution < 1.29 is 24.2 Å². The number of methoxy groups -OCH3 is 1. The third-order valence-corrected chi connectivity index (χ3v) is 10.8. The molecule has 55 heavy (non-hydrogen) atoms. The third kappa shape index (κ3) is 8.29. The monoisotopic (exact) mass is 783 g/mol. The van der Waals surface area contributed by atoms with Crippen LogP contribution in [0.3, 0.4) is 0 Å². The van der Waals surface area contributed by atoms with Crippen molar-refractivity contribution in [3.63, 3.8) is 0 Å². The maximum Gasteiger partial charge on any atom is 0.407 e. The number of fused-ring (bicyclic) bond motifs is 1. The van der Waals surface area contributed by atoms with Gasteiger partial charge in [-0.3, -0.25) is 18.8 Å². The maximum absolute atomic E-state index is 13.3. The van der Waals surface area contributed by atoms with Crippen molar-refractivity contribution in [2.45, 2.75) is 57.3 Å². The lowest BCUT2D eigenvalue weighted by Crippen LogP contribution is -2.41. The van der Waals surface area contributed by atoms with E-state index in [4.69, 9.17) is 32.9 Å². The quantitative estimate of drug-likeness (QED) is 0.106. The molecule has 3 aromatic heterocycles. The highest BCUT2D eigenvalue weighted by Gasteiger charge is 2.27. The highest BCUT2D eigenvalue weighted by molar-refractivity contribution is 6.39. The van der Waals surface area contributed by atoms with E-state index in [-0.39, 0.29) is 48.4 Å². The van der Waals surface area contributed by atoms with Gasteiger partial charge in [-0.15, -0.1) is 0 Å². The molecule has 0 aliphatic carbocycles. The molecule has 0 radical (unpaired) electrons. The number of carbonyl (C=O) groups excluding carboxylic acids is 2. The highest BCUT2D eigenvalue weighted by Crippen LogP contribution is 2.42. The van der Waals surface area contributed by atoms with Gasteiger partial charge in [0, 0.05) is 83.8 Å². The molecule has 2 saturated heterocycles. The number of carboxylic acid groups (broad SMARTS) is 1. The fourth-order valence-electron chi connectivity index (χ4n) is 7.11. The van der Waals surface area contributed by atoms with Crippen molar-refractivity contribution in [2.24, 2.45) is 0 Å². The molecule has 0 saturated carbocycles. The van der Waals surface area contributed by atoms with E-state index in [0.717, 1.165) is 24.0 Å². The summed E-state index contributed by atoms with van der Waals surface area (Å²) in [4.78, 5) is 59.0. The molecular formula is C40H39Cl2N7O6. The van der Waals surface area contributed by atoms with Crippen LogP contribution in [0.15, 0.2) is 77.9 Å². The Morgan fingerprint density at radius 1 is 0.927 bits per heavy atom. The Hall–Kier alpha value is -5.50. The molecule has 2 fully saturated rings. The van der Waals surface area contributed by atoms with E-state index in [9.17, 15) is 24.3 Å². The number of nitrogens with one attached hydrogen (secondary N) is 3. The number of halogens is 2. The standard InChI is InChI=1S/C40H39Cl2N7O6/c1-55-38-24(21-48(40(53)54)22-27-10-13-35(51)46-27)8-11-32(47-38)31-7-3-6-30(37(31)42)29-5-2-4-28(36(29)41)23-15-17-49-33(18-23)44-20-25(39(49)52)19-43-16-14-26-9-12-34(50)45-26/h2-8,11,15,17-18,20,26-27,43H,9-10,12-14,16,19,21-22H2,1H3,(H,45,50)(H,46,51)(H,53,54)/t26-,27-/m0/s1. The Kier molecular flexibility index (Phi) is 11.3. The molecule has 0 bridgehead atoms. The number of nitrogens with zero attached hydrogens (tertiary/aromatic N) is 4. The van der Waals surface area contributed by atoms with Gasteiger partial charge < -0.3 is 30.7 Å². The minimum atomic E-state index is -1.11. The molecule has 2 aliphatic rings. The topological polar surface area (TPSA) is 167 Å². The van der Waals surface area contributed by atoms with E-state index in [1.165, 1.54) is 16.4 Å². The number of amides is 3. The third-order valence-electron chi connectivity index (χ3n) is 10.0. The first kappa shape index (κ1) is 37.8. The van der Waals surface area contributed by atoms with Gasteiger partial charge in [-0.05, 0) is 55.6 Å². The lowest BCUT2D eigenvalue weighted by atomic mass is 9.97. The number of hydrogen-bond acceptors (Lipinski definition) is 8. The molecular weight excluding hydrogens is 745 g/mol. The fourth-order valence-corrected chi connectivity index (χ4v) is 7.77. The van der Waals surface area contributed by atoms with Crippen LogP contribution in [0.25, 0.3) is 39.2 Å². The van der Waals surface area contributed by atoms with Crippen LogP contribution in [0.5, 0.6) is 5.88 Å². The molecule has 2 atom stereocenters. The smallest absolute Gasteiger partial charge is 0.407 e. The van der Waals surface area contributed by atoms with Gasteiger partial charge in [0.2, 0.25) is 17.7 Å². The Labute approximate surface area is 326 Å². The molecule has 5 aromatic rings. The van der Waals surface area contributed by atoms with Crippen LogP contribution in [0.4, 0.5) is 4.79 Å². The summed E-state index contributed by atoms with van der Waals surface area (Å²) in [5.41, 5.74) is 5.41.